The number of carbonyl (C=O) groups excluding carboxylic acids is 2. The Hall–Kier alpha value is -1.94. The van der Waals surface area contributed by atoms with E-state index in [1.54, 1.807) is 12.1 Å². The van der Waals surface area contributed by atoms with E-state index in [2.05, 4.69) is 4.99 Å². The van der Waals surface area contributed by atoms with Crippen molar-refractivity contribution < 1.29 is 14.3 Å². The van der Waals surface area contributed by atoms with Crippen LogP contribution >= 0.6 is 11.6 Å². The summed E-state index contributed by atoms with van der Waals surface area (Å²) in [5.41, 5.74) is 2.97. The summed E-state index contributed by atoms with van der Waals surface area (Å²) in [6.45, 7) is 4.27. The summed E-state index contributed by atoms with van der Waals surface area (Å²) in [4.78, 5) is 30.2. The first kappa shape index (κ1) is 18.8. The monoisotopic (exact) mass is 373 g/mol. The molecule has 3 rings (SSSR count). The third-order valence-electron chi connectivity index (χ3n) is 5.09. The van der Waals surface area contributed by atoms with Crippen molar-refractivity contribution in [2.45, 2.75) is 51.9 Å². The molecule has 2 atom stereocenters. The minimum atomic E-state index is -0.373. The van der Waals surface area contributed by atoms with Crippen LogP contribution in [0.2, 0.25) is 5.02 Å². The smallest absolute Gasteiger partial charge is 0.336 e. The number of esters is 1. The molecule has 1 fully saturated rings. The Bertz CT molecular complexity index is 764. The van der Waals surface area contributed by atoms with Crippen LogP contribution in [0.4, 0.5) is 0 Å². The first-order chi connectivity index (χ1) is 12.5. The van der Waals surface area contributed by atoms with Crippen molar-refractivity contribution in [3.8, 4) is 0 Å². The molecule has 0 amide bonds. The zero-order valence-electron chi connectivity index (χ0n) is 15.3. The summed E-state index contributed by atoms with van der Waals surface area (Å²) < 4.78 is 5.48. The van der Waals surface area contributed by atoms with Crippen molar-refractivity contribution in [3.63, 3.8) is 0 Å². The Morgan fingerprint density at radius 2 is 1.96 bits per heavy atom. The lowest BCUT2D eigenvalue weighted by Gasteiger charge is -2.35. The highest BCUT2D eigenvalue weighted by Gasteiger charge is 2.43. The Labute approximate surface area is 159 Å². The Kier molecular flexibility index (Phi) is 5.92. The molecule has 1 heterocycles. The second-order valence-electron chi connectivity index (χ2n) is 6.92. The van der Waals surface area contributed by atoms with Crippen molar-refractivity contribution in [1.29, 1.82) is 0 Å². The number of rotatable bonds is 5. The highest BCUT2D eigenvalue weighted by Crippen LogP contribution is 2.43. The van der Waals surface area contributed by atoms with Crippen LogP contribution in [0.3, 0.4) is 0 Å². The van der Waals surface area contributed by atoms with Crippen molar-refractivity contribution in [1.82, 2.24) is 0 Å². The van der Waals surface area contributed by atoms with Gasteiger partial charge in [-0.2, -0.15) is 0 Å². The van der Waals surface area contributed by atoms with E-state index in [0.717, 1.165) is 37.0 Å². The average Bonchev–Trinajstić information content (AvgIpc) is 2.61. The minimum absolute atomic E-state index is 0.154. The summed E-state index contributed by atoms with van der Waals surface area (Å²) in [5, 5.41) is 0.626. The van der Waals surface area contributed by atoms with Gasteiger partial charge in [-0.05, 0) is 43.9 Å². The third kappa shape index (κ3) is 3.75. The molecule has 2 aliphatic rings. The second-order valence-corrected chi connectivity index (χ2v) is 7.35. The molecule has 0 bridgehead atoms. The molecule has 4 nitrogen and oxygen atoms in total. The van der Waals surface area contributed by atoms with E-state index in [4.69, 9.17) is 16.3 Å². The van der Waals surface area contributed by atoms with Gasteiger partial charge in [0, 0.05) is 28.8 Å². The van der Waals surface area contributed by atoms with Crippen LogP contribution in [0, 0.1) is 5.92 Å². The van der Waals surface area contributed by atoms with Crippen LogP contribution in [-0.4, -0.2) is 24.1 Å². The number of Topliss-reactive ketones (excluding diaryl/α,β-unsaturated/α-hetero) is 1. The molecule has 0 radical (unpaired) electrons. The number of nitrogens with zero attached hydrogens (tertiary/aromatic N) is 1. The molecule has 1 aliphatic heterocycles. The molecule has 1 aromatic carbocycles. The Morgan fingerprint density at radius 1 is 1.23 bits per heavy atom. The lowest BCUT2D eigenvalue weighted by molar-refractivity contribution is -0.139. The number of aliphatic imine (C=N–C) groups is 1. The zero-order valence-corrected chi connectivity index (χ0v) is 16.0. The van der Waals surface area contributed by atoms with Gasteiger partial charge >= 0.3 is 5.97 Å². The van der Waals surface area contributed by atoms with Gasteiger partial charge in [0.1, 0.15) is 5.78 Å². The van der Waals surface area contributed by atoms with E-state index in [-0.39, 0.29) is 23.6 Å². The van der Waals surface area contributed by atoms with Crippen LogP contribution in [0.1, 0.15) is 57.4 Å². The zero-order chi connectivity index (χ0) is 18.7. The minimum Gasteiger partial charge on any atom is -0.462 e. The summed E-state index contributed by atoms with van der Waals surface area (Å²) in [7, 11) is 0. The van der Waals surface area contributed by atoms with Crippen molar-refractivity contribution in [2.75, 3.05) is 6.61 Å². The average molecular weight is 374 g/mol. The van der Waals surface area contributed by atoms with E-state index >= 15 is 0 Å². The fourth-order valence-corrected chi connectivity index (χ4v) is 3.93. The number of fused-ring (bicyclic) bond motifs is 1. The quantitative estimate of drug-likeness (QED) is 0.546. The number of allylic oxidation sites excluding steroid dienone is 1. The van der Waals surface area contributed by atoms with Gasteiger partial charge in [0.2, 0.25) is 0 Å². The third-order valence-corrected chi connectivity index (χ3v) is 5.34. The molecule has 0 unspecified atom stereocenters. The number of ether oxygens (including phenoxy) is 1. The highest BCUT2D eigenvalue weighted by molar-refractivity contribution is 6.30. The van der Waals surface area contributed by atoms with Gasteiger partial charge in [0.15, 0.2) is 0 Å². The molecular weight excluding hydrogens is 350 g/mol. The summed E-state index contributed by atoms with van der Waals surface area (Å²) in [6.07, 6.45) is 3.93. The number of carbonyl (C=O) groups is 2. The van der Waals surface area contributed by atoms with Gasteiger partial charge in [-0.3, -0.25) is 9.79 Å². The van der Waals surface area contributed by atoms with Gasteiger partial charge in [0.05, 0.1) is 18.1 Å². The fourth-order valence-electron chi connectivity index (χ4n) is 3.80. The summed E-state index contributed by atoms with van der Waals surface area (Å²) in [5.74, 6) is -0.928. The summed E-state index contributed by atoms with van der Waals surface area (Å²) >= 11 is 6.03. The fraction of sp³-hybridized carbons (Fsp3) is 0.476. The molecule has 0 aromatic heterocycles. The van der Waals surface area contributed by atoms with E-state index in [9.17, 15) is 9.59 Å². The van der Waals surface area contributed by atoms with Gasteiger partial charge < -0.3 is 4.74 Å². The number of ketones is 1. The Morgan fingerprint density at radius 3 is 2.65 bits per heavy atom. The number of hydrogen-bond acceptors (Lipinski definition) is 4. The van der Waals surface area contributed by atoms with E-state index in [1.165, 1.54) is 0 Å². The van der Waals surface area contributed by atoms with Crippen LogP contribution < -0.4 is 0 Å². The maximum absolute atomic E-state index is 12.8. The standard InChI is InChI=1S/C21H24ClNO3/c1-3-4-12-26-21(25)18-13(2)23-16-6-5-7-17(24)20(16)19(18)14-8-10-15(22)11-9-14/h8-11,19-20H,3-7,12H2,1-2H3/t19-,20+/m0/s1. The van der Waals surface area contributed by atoms with Crippen LogP contribution in [0.25, 0.3) is 0 Å². The molecule has 0 saturated heterocycles. The Balaban J connectivity index is 2.03. The van der Waals surface area contributed by atoms with E-state index in [1.807, 2.05) is 26.0 Å². The largest absolute Gasteiger partial charge is 0.462 e. The number of unbranched alkanes of at least 4 members (excludes halogenated alkanes) is 1. The van der Waals surface area contributed by atoms with Crippen molar-refractivity contribution in [3.05, 3.63) is 46.1 Å². The van der Waals surface area contributed by atoms with Crippen molar-refractivity contribution >= 4 is 29.1 Å². The molecule has 1 saturated carbocycles. The lowest BCUT2D eigenvalue weighted by atomic mass is 9.69. The molecular formula is C21H24ClNO3. The predicted octanol–water partition coefficient (Wildman–Crippen LogP) is 4.86. The van der Waals surface area contributed by atoms with Crippen LogP contribution in [0.15, 0.2) is 40.5 Å². The topological polar surface area (TPSA) is 55.7 Å². The molecule has 0 spiro atoms. The van der Waals surface area contributed by atoms with Gasteiger partial charge in [-0.25, -0.2) is 4.79 Å². The first-order valence-corrected chi connectivity index (χ1v) is 9.64. The van der Waals surface area contributed by atoms with E-state index < -0.39 is 0 Å². The molecule has 0 N–H and O–H groups in total. The van der Waals surface area contributed by atoms with E-state index in [0.29, 0.717) is 29.3 Å². The van der Waals surface area contributed by atoms with Gasteiger partial charge in [-0.1, -0.05) is 37.1 Å². The molecule has 138 valence electrons. The van der Waals surface area contributed by atoms with Crippen LogP contribution in [0.5, 0.6) is 0 Å². The SMILES string of the molecule is CCCCOC(=O)C1=C(C)N=C2CCCC(=O)[C@@H]2[C@H]1c1ccc(Cl)cc1. The highest BCUT2D eigenvalue weighted by atomic mass is 35.5. The van der Waals surface area contributed by atoms with Crippen LogP contribution in [-0.2, 0) is 14.3 Å². The first-order valence-electron chi connectivity index (χ1n) is 9.26. The van der Waals surface area contributed by atoms with Gasteiger partial charge in [-0.15, -0.1) is 0 Å². The molecule has 1 aromatic rings. The lowest BCUT2D eigenvalue weighted by Crippen LogP contribution is -2.39. The number of hydrogen-bond donors (Lipinski definition) is 0. The second kappa shape index (κ2) is 8.17. The maximum atomic E-state index is 12.8. The van der Waals surface area contributed by atoms with Gasteiger partial charge in [0.25, 0.3) is 0 Å². The molecule has 1 aliphatic carbocycles. The number of halogens is 1. The predicted molar refractivity (Wildman–Crippen MR) is 103 cm³/mol. The number of benzene rings is 1. The molecule has 5 heteroatoms. The molecule has 26 heavy (non-hydrogen) atoms. The maximum Gasteiger partial charge on any atom is 0.336 e. The summed E-state index contributed by atoms with van der Waals surface area (Å²) in [6, 6.07) is 7.38. The van der Waals surface area contributed by atoms with Crippen molar-refractivity contribution in [2.24, 2.45) is 10.9 Å². The normalized spacial score (nSPS) is 22.7.